The van der Waals surface area contributed by atoms with Crippen molar-refractivity contribution in [1.29, 1.82) is 0 Å². The molecule has 2 aromatic rings. The molecule has 0 aliphatic rings. The third-order valence-electron chi connectivity index (χ3n) is 2.63. The molecule has 5 heteroatoms. The minimum Gasteiger partial charge on any atom is -0.504 e. The predicted molar refractivity (Wildman–Crippen MR) is 62.2 cm³/mol. The van der Waals surface area contributed by atoms with E-state index in [1.165, 1.54) is 14.2 Å². The quantitative estimate of drug-likeness (QED) is 0.792. The summed E-state index contributed by atoms with van der Waals surface area (Å²) in [7, 11) is 2.83. The number of fused-ring (bicyclic) bond motifs is 1. The van der Waals surface area contributed by atoms with Crippen LogP contribution in [0, 0.1) is 0 Å². The van der Waals surface area contributed by atoms with Crippen LogP contribution in [0.3, 0.4) is 0 Å². The largest absolute Gasteiger partial charge is 0.504 e. The summed E-state index contributed by atoms with van der Waals surface area (Å²) in [4.78, 5) is 14.2. The van der Waals surface area contributed by atoms with E-state index in [1.54, 1.807) is 18.3 Å². The number of rotatable bonds is 3. The zero-order chi connectivity index (χ0) is 12.4. The van der Waals surface area contributed by atoms with Gasteiger partial charge in [-0.3, -0.25) is 4.79 Å². The smallest absolute Gasteiger partial charge is 0.310 e. The number of nitrogens with one attached hydrogen (secondary N) is 1. The van der Waals surface area contributed by atoms with Gasteiger partial charge in [-0.25, -0.2) is 0 Å². The summed E-state index contributed by atoms with van der Waals surface area (Å²) >= 11 is 0. The molecule has 0 aliphatic carbocycles. The van der Waals surface area contributed by atoms with Crippen molar-refractivity contribution in [3.63, 3.8) is 0 Å². The van der Waals surface area contributed by atoms with E-state index in [0.29, 0.717) is 5.75 Å². The van der Waals surface area contributed by atoms with Crippen LogP contribution in [0.15, 0.2) is 18.3 Å². The molecule has 0 saturated carbocycles. The second-order valence-electron chi connectivity index (χ2n) is 3.64. The molecule has 1 aromatic carbocycles. The molecule has 0 fully saturated rings. The first kappa shape index (κ1) is 11.3. The second kappa shape index (κ2) is 4.37. The van der Waals surface area contributed by atoms with Crippen molar-refractivity contribution < 1.29 is 19.4 Å². The van der Waals surface area contributed by atoms with E-state index in [4.69, 9.17) is 4.74 Å². The molecule has 0 saturated heterocycles. The van der Waals surface area contributed by atoms with Gasteiger partial charge in [0, 0.05) is 23.2 Å². The summed E-state index contributed by atoms with van der Waals surface area (Å²) in [6.45, 7) is 0. The van der Waals surface area contributed by atoms with E-state index in [2.05, 4.69) is 9.72 Å². The highest BCUT2D eigenvalue weighted by molar-refractivity contribution is 5.89. The predicted octanol–water partition coefficient (Wildman–Crippen LogP) is 1.60. The number of carbonyl (C=O) groups excluding carboxylic acids is 1. The highest BCUT2D eigenvalue weighted by Crippen LogP contribution is 2.32. The molecule has 0 radical (unpaired) electrons. The maximum atomic E-state index is 11.2. The van der Waals surface area contributed by atoms with E-state index < -0.39 is 0 Å². The molecule has 0 aliphatic heterocycles. The minimum absolute atomic E-state index is 0.0470. The van der Waals surface area contributed by atoms with E-state index in [1.807, 2.05) is 0 Å². The maximum absolute atomic E-state index is 11.2. The van der Waals surface area contributed by atoms with Gasteiger partial charge in [0.15, 0.2) is 11.5 Å². The Labute approximate surface area is 98.0 Å². The Morgan fingerprint density at radius 3 is 2.82 bits per heavy atom. The van der Waals surface area contributed by atoms with Gasteiger partial charge in [-0.2, -0.15) is 0 Å². The third kappa shape index (κ3) is 2.04. The Balaban J connectivity index is 2.46. The van der Waals surface area contributed by atoms with Crippen LogP contribution in [-0.2, 0) is 16.0 Å². The summed E-state index contributed by atoms with van der Waals surface area (Å²) in [6, 6.07) is 3.26. The number of carbonyl (C=O) groups is 1. The van der Waals surface area contributed by atoms with Crippen LogP contribution in [0.1, 0.15) is 5.56 Å². The number of phenols is 1. The number of aromatic nitrogens is 1. The summed E-state index contributed by atoms with van der Waals surface area (Å²) in [6.07, 6.45) is 1.89. The van der Waals surface area contributed by atoms with Crippen LogP contribution < -0.4 is 4.74 Å². The van der Waals surface area contributed by atoms with Crippen LogP contribution in [0.4, 0.5) is 0 Å². The monoisotopic (exact) mass is 235 g/mol. The van der Waals surface area contributed by atoms with E-state index in [-0.39, 0.29) is 18.1 Å². The average molecular weight is 235 g/mol. The summed E-state index contributed by atoms with van der Waals surface area (Å²) in [5.74, 6) is 0.121. The second-order valence-corrected chi connectivity index (χ2v) is 3.64. The first-order chi connectivity index (χ1) is 8.15. The van der Waals surface area contributed by atoms with Crippen molar-refractivity contribution in [3.05, 3.63) is 23.9 Å². The normalized spacial score (nSPS) is 10.5. The van der Waals surface area contributed by atoms with E-state index >= 15 is 0 Å². The Bertz CT molecular complexity index is 559. The van der Waals surface area contributed by atoms with Gasteiger partial charge < -0.3 is 19.6 Å². The van der Waals surface area contributed by atoms with Gasteiger partial charge in [-0.05, 0) is 11.6 Å². The molecule has 90 valence electrons. The van der Waals surface area contributed by atoms with Crippen LogP contribution in [0.2, 0.25) is 0 Å². The van der Waals surface area contributed by atoms with Gasteiger partial charge in [0.1, 0.15) is 0 Å². The van der Waals surface area contributed by atoms with Crippen molar-refractivity contribution in [1.82, 2.24) is 4.98 Å². The molecule has 5 nitrogen and oxygen atoms in total. The molecular weight excluding hydrogens is 222 g/mol. The zero-order valence-corrected chi connectivity index (χ0v) is 9.61. The molecule has 17 heavy (non-hydrogen) atoms. The Kier molecular flexibility index (Phi) is 2.91. The fourth-order valence-electron chi connectivity index (χ4n) is 1.73. The van der Waals surface area contributed by atoms with Crippen molar-refractivity contribution >= 4 is 16.9 Å². The molecule has 0 atom stereocenters. The van der Waals surface area contributed by atoms with E-state index in [9.17, 15) is 9.90 Å². The Morgan fingerprint density at radius 1 is 1.41 bits per heavy atom. The molecule has 0 unspecified atom stereocenters. The molecule has 0 amide bonds. The van der Waals surface area contributed by atoms with Gasteiger partial charge in [0.25, 0.3) is 0 Å². The fourth-order valence-corrected chi connectivity index (χ4v) is 1.73. The molecule has 0 bridgehead atoms. The van der Waals surface area contributed by atoms with Crippen molar-refractivity contribution in [3.8, 4) is 11.5 Å². The van der Waals surface area contributed by atoms with Crippen LogP contribution in [-0.4, -0.2) is 30.3 Å². The molecular formula is C12H13NO4. The first-order valence-corrected chi connectivity index (χ1v) is 5.09. The third-order valence-corrected chi connectivity index (χ3v) is 2.63. The number of phenolic OH excluding ortho intramolecular Hbond substituents is 1. The minimum atomic E-state index is -0.318. The first-order valence-electron chi connectivity index (χ1n) is 5.09. The number of H-pyrrole nitrogens is 1. The van der Waals surface area contributed by atoms with Crippen LogP contribution in [0.25, 0.3) is 10.9 Å². The van der Waals surface area contributed by atoms with Gasteiger partial charge in [0.2, 0.25) is 0 Å². The maximum Gasteiger partial charge on any atom is 0.310 e. The lowest BCUT2D eigenvalue weighted by Crippen LogP contribution is -2.03. The number of aromatic hydroxyl groups is 1. The Hall–Kier alpha value is -2.17. The van der Waals surface area contributed by atoms with Crippen molar-refractivity contribution in [2.24, 2.45) is 0 Å². The average Bonchev–Trinajstić information content (AvgIpc) is 2.70. The summed E-state index contributed by atoms with van der Waals surface area (Å²) in [5.41, 5.74) is 1.59. The fraction of sp³-hybridized carbons (Fsp3) is 0.250. The molecule has 0 spiro atoms. The number of aromatic amines is 1. The van der Waals surface area contributed by atoms with Crippen LogP contribution in [0.5, 0.6) is 11.5 Å². The highest BCUT2D eigenvalue weighted by atomic mass is 16.5. The molecule has 1 heterocycles. The van der Waals surface area contributed by atoms with Crippen molar-refractivity contribution in [2.45, 2.75) is 6.42 Å². The lowest BCUT2D eigenvalue weighted by molar-refractivity contribution is -0.139. The number of hydrogen-bond acceptors (Lipinski definition) is 4. The van der Waals surface area contributed by atoms with E-state index in [0.717, 1.165) is 16.5 Å². The number of methoxy groups -OCH3 is 2. The Morgan fingerprint density at radius 2 is 2.18 bits per heavy atom. The van der Waals surface area contributed by atoms with Crippen molar-refractivity contribution in [2.75, 3.05) is 14.2 Å². The topological polar surface area (TPSA) is 71.6 Å². The lowest BCUT2D eigenvalue weighted by atomic mass is 10.1. The summed E-state index contributed by atoms with van der Waals surface area (Å²) in [5, 5.41) is 10.5. The highest BCUT2D eigenvalue weighted by Gasteiger charge is 2.12. The number of ether oxygens (including phenoxy) is 2. The van der Waals surface area contributed by atoms with Gasteiger partial charge >= 0.3 is 5.97 Å². The molecule has 2 N–H and O–H groups in total. The summed E-state index contributed by atoms with van der Waals surface area (Å²) < 4.78 is 9.61. The van der Waals surface area contributed by atoms with Gasteiger partial charge in [-0.15, -0.1) is 0 Å². The SMILES string of the molecule is COC(=O)Cc1c[nH]c2cc(OC)c(O)cc12. The number of esters is 1. The molecule has 2 rings (SSSR count). The number of benzene rings is 1. The molecule has 1 aromatic heterocycles. The zero-order valence-electron chi connectivity index (χ0n) is 9.61. The van der Waals surface area contributed by atoms with Gasteiger partial charge in [-0.1, -0.05) is 0 Å². The standard InChI is InChI=1S/C12H13NO4/c1-16-11-5-9-8(4-10(11)14)7(6-13-9)3-12(15)17-2/h4-6,13-14H,3H2,1-2H3. The lowest BCUT2D eigenvalue weighted by Gasteiger charge is -2.04. The van der Waals surface area contributed by atoms with Crippen LogP contribution >= 0.6 is 0 Å². The number of hydrogen-bond donors (Lipinski definition) is 2. The van der Waals surface area contributed by atoms with Gasteiger partial charge in [0.05, 0.1) is 20.6 Å².